The fraction of sp³-hybridized carbons (Fsp3) is 0.625. The Hall–Kier alpha value is -0.930. The molecule has 104 valence electrons. The number of nitrogens with one attached hydrogen (secondary N) is 2. The third-order valence-electron chi connectivity index (χ3n) is 4.81. The molecule has 0 radical (unpaired) electrons. The average molecular weight is 262 g/mol. The summed E-state index contributed by atoms with van der Waals surface area (Å²) in [6, 6.07) is 8.09. The van der Waals surface area contributed by atoms with Gasteiger partial charge in [-0.3, -0.25) is 0 Å². The van der Waals surface area contributed by atoms with Crippen molar-refractivity contribution in [1.82, 2.24) is 10.6 Å². The molecule has 1 aliphatic heterocycles. The van der Waals surface area contributed by atoms with Gasteiger partial charge < -0.3 is 10.6 Å². The molecule has 2 fully saturated rings. The molecule has 0 bridgehead atoms. The lowest BCUT2D eigenvalue weighted by molar-refractivity contribution is 0.155. The van der Waals surface area contributed by atoms with Crippen molar-refractivity contribution in [3.8, 4) is 0 Å². The van der Waals surface area contributed by atoms with E-state index in [-0.39, 0.29) is 11.4 Å². The van der Waals surface area contributed by atoms with Crippen molar-refractivity contribution >= 4 is 0 Å². The third-order valence-corrected chi connectivity index (χ3v) is 4.81. The minimum atomic E-state index is -0.149. The fourth-order valence-corrected chi connectivity index (χ4v) is 3.49. The van der Waals surface area contributed by atoms with Crippen molar-refractivity contribution < 1.29 is 4.39 Å². The second-order valence-corrected chi connectivity index (χ2v) is 6.08. The zero-order valence-corrected chi connectivity index (χ0v) is 11.6. The summed E-state index contributed by atoms with van der Waals surface area (Å²) in [6.45, 7) is 3.41. The van der Waals surface area contributed by atoms with Crippen LogP contribution in [0.3, 0.4) is 0 Å². The van der Waals surface area contributed by atoms with Crippen LogP contribution in [0.2, 0.25) is 0 Å². The highest BCUT2D eigenvalue weighted by Crippen LogP contribution is 2.42. The summed E-state index contributed by atoms with van der Waals surface area (Å²) in [6.07, 6.45) is 6.12. The topological polar surface area (TPSA) is 24.1 Å². The van der Waals surface area contributed by atoms with Gasteiger partial charge in [-0.15, -0.1) is 0 Å². The first-order chi connectivity index (χ1) is 9.20. The van der Waals surface area contributed by atoms with Crippen molar-refractivity contribution in [2.75, 3.05) is 6.54 Å². The van der Waals surface area contributed by atoms with Gasteiger partial charge in [0.25, 0.3) is 0 Å². The molecule has 3 rings (SSSR count). The normalized spacial score (nSPS) is 26.9. The summed E-state index contributed by atoms with van der Waals surface area (Å²) in [4.78, 5) is 0. The third kappa shape index (κ3) is 2.54. The number of halogens is 1. The molecular weight excluding hydrogens is 239 g/mol. The van der Waals surface area contributed by atoms with E-state index in [0.717, 1.165) is 19.4 Å². The molecule has 0 spiro atoms. The standard InChI is InChI=1S/C16H23FN2/c1-12(15-4-2-11-18-15)19-16(9-3-10-16)13-5-7-14(17)8-6-13/h5-8,12,15,18-19H,2-4,9-11H2,1H3. The monoisotopic (exact) mass is 262 g/mol. The van der Waals surface area contributed by atoms with Crippen LogP contribution in [0.15, 0.2) is 24.3 Å². The molecule has 2 N–H and O–H groups in total. The van der Waals surface area contributed by atoms with Gasteiger partial charge in [0.1, 0.15) is 5.82 Å². The van der Waals surface area contributed by atoms with Crippen molar-refractivity contribution in [3.05, 3.63) is 35.6 Å². The highest BCUT2D eigenvalue weighted by molar-refractivity contribution is 5.28. The van der Waals surface area contributed by atoms with E-state index in [0.29, 0.717) is 12.1 Å². The van der Waals surface area contributed by atoms with E-state index in [1.807, 2.05) is 12.1 Å². The Balaban J connectivity index is 1.73. The minimum absolute atomic E-state index is 0.0807. The molecule has 2 nitrogen and oxygen atoms in total. The molecule has 2 aliphatic rings. The van der Waals surface area contributed by atoms with Crippen LogP contribution < -0.4 is 10.6 Å². The molecule has 3 heteroatoms. The van der Waals surface area contributed by atoms with Crippen LogP contribution in [-0.4, -0.2) is 18.6 Å². The van der Waals surface area contributed by atoms with Gasteiger partial charge >= 0.3 is 0 Å². The summed E-state index contributed by atoms with van der Waals surface area (Å²) in [7, 11) is 0. The van der Waals surface area contributed by atoms with Gasteiger partial charge in [-0.05, 0) is 63.3 Å². The van der Waals surface area contributed by atoms with Gasteiger partial charge in [0.05, 0.1) is 0 Å². The van der Waals surface area contributed by atoms with Crippen LogP contribution in [0.25, 0.3) is 0 Å². The zero-order valence-electron chi connectivity index (χ0n) is 11.6. The Kier molecular flexibility index (Phi) is 3.59. The van der Waals surface area contributed by atoms with Crippen LogP contribution >= 0.6 is 0 Å². The summed E-state index contributed by atoms with van der Waals surface area (Å²) in [5, 5.41) is 7.39. The first kappa shape index (κ1) is 13.1. The highest BCUT2D eigenvalue weighted by Gasteiger charge is 2.40. The van der Waals surface area contributed by atoms with Crippen molar-refractivity contribution in [2.45, 2.75) is 56.7 Å². The number of hydrogen-bond acceptors (Lipinski definition) is 2. The molecule has 2 atom stereocenters. The van der Waals surface area contributed by atoms with Gasteiger partial charge in [-0.2, -0.15) is 0 Å². The second kappa shape index (κ2) is 5.22. The minimum Gasteiger partial charge on any atom is -0.312 e. The Labute approximate surface area is 114 Å². The molecule has 1 saturated carbocycles. The Bertz CT molecular complexity index is 419. The molecule has 2 unspecified atom stereocenters. The van der Waals surface area contributed by atoms with Crippen LogP contribution in [0.1, 0.15) is 44.6 Å². The van der Waals surface area contributed by atoms with Crippen molar-refractivity contribution in [2.24, 2.45) is 0 Å². The molecule has 1 saturated heterocycles. The molecule has 19 heavy (non-hydrogen) atoms. The molecule has 1 heterocycles. The lowest BCUT2D eigenvalue weighted by Crippen LogP contribution is -2.56. The van der Waals surface area contributed by atoms with E-state index in [1.54, 1.807) is 12.1 Å². The van der Waals surface area contributed by atoms with E-state index in [1.165, 1.54) is 24.8 Å². The number of rotatable bonds is 4. The number of hydrogen-bond donors (Lipinski definition) is 2. The van der Waals surface area contributed by atoms with Crippen LogP contribution in [-0.2, 0) is 5.54 Å². The van der Waals surface area contributed by atoms with Gasteiger partial charge in [0.15, 0.2) is 0 Å². The average Bonchev–Trinajstić information content (AvgIpc) is 2.89. The van der Waals surface area contributed by atoms with Gasteiger partial charge in [-0.25, -0.2) is 4.39 Å². The van der Waals surface area contributed by atoms with E-state index in [2.05, 4.69) is 17.6 Å². The Morgan fingerprint density at radius 2 is 2.00 bits per heavy atom. The zero-order chi connectivity index (χ0) is 13.3. The summed E-state index contributed by atoms with van der Waals surface area (Å²) in [5.41, 5.74) is 1.32. The summed E-state index contributed by atoms with van der Waals surface area (Å²) >= 11 is 0. The summed E-state index contributed by atoms with van der Waals surface area (Å²) in [5.74, 6) is -0.149. The maximum atomic E-state index is 13.1. The predicted octanol–water partition coefficient (Wildman–Crippen LogP) is 2.94. The molecule has 1 aromatic rings. The maximum Gasteiger partial charge on any atom is 0.123 e. The van der Waals surface area contributed by atoms with E-state index >= 15 is 0 Å². The molecule has 0 aromatic heterocycles. The summed E-state index contributed by atoms with van der Waals surface area (Å²) < 4.78 is 13.1. The largest absolute Gasteiger partial charge is 0.312 e. The van der Waals surface area contributed by atoms with Gasteiger partial charge in [0, 0.05) is 17.6 Å². The molecule has 1 aliphatic carbocycles. The predicted molar refractivity (Wildman–Crippen MR) is 75.6 cm³/mol. The van der Waals surface area contributed by atoms with Crippen LogP contribution in [0.4, 0.5) is 4.39 Å². The van der Waals surface area contributed by atoms with Gasteiger partial charge in [0.2, 0.25) is 0 Å². The first-order valence-electron chi connectivity index (χ1n) is 7.47. The first-order valence-corrected chi connectivity index (χ1v) is 7.47. The Morgan fingerprint density at radius 1 is 1.26 bits per heavy atom. The molecule has 1 aromatic carbocycles. The fourth-order valence-electron chi connectivity index (χ4n) is 3.49. The lowest BCUT2D eigenvalue weighted by atomic mass is 9.71. The quantitative estimate of drug-likeness (QED) is 0.872. The highest BCUT2D eigenvalue weighted by atomic mass is 19.1. The van der Waals surface area contributed by atoms with E-state index < -0.39 is 0 Å². The van der Waals surface area contributed by atoms with E-state index in [9.17, 15) is 4.39 Å². The molecule has 0 amide bonds. The Morgan fingerprint density at radius 3 is 2.53 bits per heavy atom. The van der Waals surface area contributed by atoms with Crippen LogP contribution in [0.5, 0.6) is 0 Å². The van der Waals surface area contributed by atoms with Crippen molar-refractivity contribution in [3.63, 3.8) is 0 Å². The van der Waals surface area contributed by atoms with Gasteiger partial charge in [-0.1, -0.05) is 12.1 Å². The smallest absolute Gasteiger partial charge is 0.123 e. The molecular formula is C16H23FN2. The lowest BCUT2D eigenvalue weighted by Gasteiger charge is -2.46. The number of benzene rings is 1. The SMILES string of the molecule is CC(NC1(c2ccc(F)cc2)CCC1)C1CCCN1. The van der Waals surface area contributed by atoms with Crippen LogP contribution in [0, 0.1) is 5.82 Å². The van der Waals surface area contributed by atoms with Crippen molar-refractivity contribution in [1.29, 1.82) is 0 Å². The second-order valence-electron chi connectivity index (χ2n) is 6.08. The van der Waals surface area contributed by atoms with E-state index in [4.69, 9.17) is 0 Å². The maximum absolute atomic E-state index is 13.1.